The second kappa shape index (κ2) is 38.6. The molecule has 24 heteroatoms. The predicted molar refractivity (Wildman–Crippen MR) is 348 cm³/mol. The fourth-order valence-corrected chi connectivity index (χ4v) is 10.7. The van der Waals surface area contributed by atoms with E-state index in [-0.39, 0.29) is 55.8 Å². The first-order chi connectivity index (χ1) is 40.6. The Morgan fingerprint density at radius 2 is 0.898 bits per heavy atom. The normalized spacial score (nSPS) is 26.1. The number of nitrogens with one attached hydrogen (secondary N) is 4. The van der Waals surface area contributed by atoms with Crippen molar-refractivity contribution in [3.63, 3.8) is 0 Å². The number of amides is 11. The van der Waals surface area contributed by atoms with Crippen LogP contribution in [0.2, 0.25) is 0 Å². The summed E-state index contributed by atoms with van der Waals surface area (Å²) in [6.07, 6.45) is 3.04. The van der Waals surface area contributed by atoms with Crippen molar-refractivity contribution in [2.45, 2.75) is 223 Å². The number of likely N-dealkylation sites (N-methyl/N-ethyl adjacent to an activating group) is 7. The topological polar surface area (TPSA) is 279 Å². The van der Waals surface area contributed by atoms with Gasteiger partial charge in [0, 0.05) is 49.3 Å². The number of hydrogen-bond acceptors (Lipinski definition) is 12. The minimum atomic E-state index is -1.61. The molecular weight excluding hydrogens is 1190 g/mol. The molecule has 1 fully saturated rings. The molecule has 0 aromatic heterocycles. The van der Waals surface area contributed by atoms with Gasteiger partial charge in [-0.25, -0.2) is 0 Å². The summed E-state index contributed by atoms with van der Waals surface area (Å²) in [5.74, 6) is -9.71. The molecule has 0 bridgehead atoms. The fourth-order valence-electron chi connectivity index (χ4n) is 10.7. The van der Waals surface area contributed by atoms with E-state index in [0.29, 0.717) is 6.42 Å². The smallest absolute Gasteiger partial charge is 0.246 e. The Kier molecular flexibility index (Phi) is 36.0. The van der Waals surface area contributed by atoms with Crippen LogP contribution in [0.15, 0.2) is 23.7 Å². The van der Waals surface area contributed by atoms with Gasteiger partial charge in [-0.3, -0.25) is 52.7 Å². The highest BCUT2D eigenvalue weighted by atomic mass is 79.9. The quantitative estimate of drug-likeness (QED) is 0.139. The zero-order valence-electron chi connectivity index (χ0n) is 57.7. The van der Waals surface area contributed by atoms with Gasteiger partial charge < -0.3 is 60.7 Å². The number of halogens is 1. The maximum absolute atomic E-state index is 15.1. The Balaban J connectivity index is 0.0000247. The van der Waals surface area contributed by atoms with Crippen molar-refractivity contribution in [2.75, 3.05) is 55.9 Å². The summed E-state index contributed by atoms with van der Waals surface area (Å²) in [4.78, 5) is 170. The highest BCUT2D eigenvalue weighted by Crippen LogP contribution is 2.26. The molecule has 11 amide bonds. The van der Waals surface area contributed by atoms with E-state index in [4.69, 9.17) is 0 Å². The molecule has 1 aliphatic rings. The van der Waals surface area contributed by atoms with Gasteiger partial charge in [0.1, 0.15) is 60.4 Å². The molecule has 5 N–H and O–H groups in total. The van der Waals surface area contributed by atoms with E-state index in [9.17, 15) is 48.3 Å². The summed E-state index contributed by atoms with van der Waals surface area (Å²) in [6, 6.07) is -12.3. The molecule has 504 valence electrons. The third-order valence-electron chi connectivity index (χ3n) is 16.1. The summed E-state index contributed by atoms with van der Waals surface area (Å²) in [6.45, 7) is 32.6. The summed E-state index contributed by atoms with van der Waals surface area (Å²) in [5, 5.41) is 23.1. The van der Waals surface area contributed by atoms with E-state index in [0.717, 1.165) is 9.80 Å². The van der Waals surface area contributed by atoms with E-state index >= 15 is 9.59 Å². The van der Waals surface area contributed by atoms with Crippen LogP contribution >= 0.6 is 15.9 Å². The summed E-state index contributed by atoms with van der Waals surface area (Å²) in [5.41, 5.74) is 0. The Hall–Kier alpha value is -5.91. The van der Waals surface area contributed by atoms with Gasteiger partial charge in [0.15, 0.2) is 0 Å². The van der Waals surface area contributed by atoms with Gasteiger partial charge in [0.2, 0.25) is 65.0 Å². The maximum Gasteiger partial charge on any atom is 0.246 e. The molecule has 1 aliphatic heterocycles. The second-order valence-corrected chi connectivity index (χ2v) is 26.9. The van der Waals surface area contributed by atoms with Gasteiger partial charge in [0.05, 0.1) is 12.6 Å². The average molecular weight is 1310 g/mol. The van der Waals surface area contributed by atoms with Gasteiger partial charge in [0.25, 0.3) is 0 Å². The summed E-state index contributed by atoms with van der Waals surface area (Å²) >= 11 is 2.91. The SMILES string of the molecule is C=CBr.CC=CC[C@@H](C)[C@@H](O)[C@H]1C(=O)N[C@@H](CC)C(=O)N(C)CC(=O)N(C)[C@@H](CC(C)C)C(=O)N[C@@H](C(C)C)C(=O)N(C)[C@@H](CC(C)C)C(=O)N[C@@H](C)C(=O)N[C@H](C)C(=O)N(C)[C@@H](CC(C)C)C(=O)N(C)[C@@H](CC(C)C)C(=O)N(C)[C@@H](C(C)C)C(=O)N1C. The first kappa shape index (κ1) is 82.1. The Bertz CT molecular complexity index is 2380. The summed E-state index contributed by atoms with van der Waals surface area (Å²) < 4.78 is 0. The third kappa shape index (κ3) is 24.1. The first-order valence-electron chi connectivity index (χ1n) is 31.2. The predicted octanol–water partition coefficient (Wildman–Crippen LogP) is 4.79. The van der Waals surface area contributed by atoms with Crippen LogP contribution < -0.4 is 21.3 Å². The highest BCUT2D eigenvalue weighted by molar-refractivity contribution is 9.11. The molecule has 1 heterocycles. The number of carbonyl (C=O) groups is 11. The van der Waals surface area contributed by atoms with Gasteiger partial charge in [-0.15, -0.1) is 0 Å². The molecule has 0 saturated carbocycles. The van der Waals surface area contributed by atoms with Gasteiger partial charge >= 0.3 is 0 Å². The van der Waals surface area contributed by atoms with E-state index in [1.165, 1.54) is 87.7 Å². The van der Waals surface area contributed by atoms with Crippen LogP contribution in [-0.2, 0) is 52.7 Å². The fraction of sp³-hybridized carbons (Fsp3) is 0.766. The molecule has 23 nitrogen and oxygen atoms in total. The number of nitrogens with zero attached hydrogens (tertiary/aromatic N) is 7. The zero-order chi connectivity index (χ0) is 68.7. The lowest BCUT2D eigenvalue weighted by Crippen LogP contribution is -2.63. The number of rotatable bonds is 15. The molecule has 0 aliphatic carbocycles. The highest BCUT2D eigenvalue weighted by Gasteiger charge is 2.45. The van der Waals surface area contributed by atoms with Crippen molar-refractivity contribution in [2.24, 2.45) is 41.4 Å². The van der Waals surface area contributed by atoms with Crippen molar-refractivity contribution < 1.29 is 57.8 Å². The Morgan fingerprint density at radius 1 is 0.500 bits per heavy atom. The molecule has 1 rings (SSSR count). The molecule has 0 unspecified atom stereocenters. The van der Waals surface area contributed by atoms with Crippen molar-refractivity contribution >= 4 is 80.9 Å². The Morgan fingerprint density at radius 3 is 1.33 bits per heavy atom. The van der Waals surface area contributed by atoms with Crippen LogP contribution in [0.5, 0.6) is 0 Å². The lowest BCUT2D eigenvalue weighted by molar-refractivity contribution is -0.157. The van der Waals surface area contributed by atoms with Gasteiger partial charge in [-0.1, -0.05) is 132 Å². The molecule has 0 radical (unpaired) electrons. The molecule has 0 spiro atoms. The lowest BCUT2D eigenvalue weighted by atomic mass is 9.91. The minimum Gasteiger partial charge on any atom is -0.390 e. The van der Waals surface area contributed by atoms with Crippen LogP contribution in [0, 0.1) is 41.4 Å². The van der Waals surface area contributed by atoms with Crippen molar-refractivity contribution in [1.29, 1.82) is 0 Å². The minimum absolute atomic E-state index is 0.0229. The molecule has 0 aromatic carbocycles. The first-order valence-corrected chi connectivity index (χ1v) is 32.1. The van der Waals surface area contributed by atoms with E-state index in [1.54, 1.807) is 59.5 Å². The lowest BCUT2D eigenvalue weighted by Gasteiger charge is -2.41. The van der Waals surface area contributed by atoms with Crippen molar-refractivity contribution in [1.82, 2.24) is 55.6 Å². The second-order valence-electron chi connectivity index (χ2n) is 26.2. The van der Waals surface area contributed by atoms with Gasteiger partial charge in [-0.05, 0) is 106 Å². The van der Waals surface area contributed by atoms with E-state index in [1.807, 2.05) is 61.5 Å². The van der Waals surface area contributed by atoms with Crippen molar-refractivity contribution in [3.05, 3.63) is 23.7 Å². The number of allylic oxidation sites excluding steroid dienone is 2. The third-order valence-corrected chi connectivity index (χ3v) is 16.1. The molecule has 88 heavy (non-hydrogen) atoms. The van der Waals surface area contributed by atoms with Crippen LogP contribution in [-0.4, -0.2) is 227 Å². The number of hydrogen-bond donors (Lipinski definition) is 5. The molecule has 1 saturated heterocycles. The van der Waals surface area contributed by atoms with Crippen LogP contribution in [0.4, 0.5) is 0 Å². The largest absolute Gasteiger partial charge is 0.390 e. The van der Waals surface area contributed by atoms with Gasteiger partial charge in [-0.2, -0.15) is 0 Å². The number of aliphatic hydroxyl groups excluding tert-OH is 1. The van der Waals surface area contributed by atoms with Crippen LogP contribution in [0.1, 0.15) is 156 Å². The molecule has 0 aromatic rings. The molecular formula is C64H114BrN11O12. The summed E-state index contributed by atoms with van der Waals surface area (Å²) in [7, 11) is 9.92. The number of carbonyl (C=O) groups excluding carboxylic acids is 11. The van der Waals surface area contributed by atoms with E-state index in [2.05, 4.69) is 43.8 Å². The average Bonchev–Trinajstić information content (AvgIpc) is 1.59. The van der Waals surface area contributed by atoms with Crippen molar-refractivity contribution in [3.8, 4) is 0 Å². The number of aliphatic hydroxyl groups is 1. The van der Waals surface area contributed by atoms with E-state index < -0.39 is 156 Å². The molecule has 12 atom stereocenters. The monoisotopic (exact) mass is 1310 g/mol. The maximum atomic E-state index is 15.1. The standard InChI is InChI=1S/C62H111N11O12.C2H3Br/c1-25-27-28-40(15)52(75)51-56(79)65-43(26-2)58(81)67(18)33-48(74)68(19)44(29-34(3)4)55(78)66-49(38(11)12)61(84)69(20)45(30-35(5)6)54(77)63-41(16)53(76)64-42(17)57(80)70(21)46(31-36(7)8)59(82)71(22)47(32-37(9)10)60(83)72(23)50(39(13)14)62(85)73(51)24;1-2-3/h25,27,34-47,49-52,75H,26,28-33H2,1-24H3,(H,63,77)(H,64,76)(H,65,79)(H,66,78);2H,1H2/t40-,41+,42-,43+,44+,45+,46+,47+,49+,50+,51+,52-;/m1./s1. The zero-order valence-corrected chi connectivity index (χ0v) is 59.3. The van der Waals surface area contributed by atoms with Crippen LogP contribution in [0.25, 0.3) is 0 Å². The Labute approximate surface area is 535 Å². The van der Waals surface area contributed by atoms with Crippen LogP contribution in [0.3, 0.4) is 0 Å².